The molecule has 0 radical (unpaired) electrons. The van der Waals surface area contributed by atoms with E-state index in [-0.39, 0.29) is 5.91 Å². The molecule has 0 saturated carbocycles. The zero-order valence-electron chi connectivity index (χ0n) is 8.47. The highest BCUT2D eigenvalue weighted by atomic mass is 16.1. The molecule has 0 fully saturated rings. The van der Waals surface area contributed by atoms with Crippen LogP contribution in [0.15, 0.2) is 35.0 Å². The van der Waals surface area contributed by atoms with Crippen LogP contribution in [-0.4, -0.2) is 12.2 Å². The predicted molar refractivity (Wildman–Crippen MR) is 61.2 cm³/mol. The van der Waals surface area contributed by atoms with Crippen molar-refractivity contribution in [3.63, 3.8) is 0 Å². The summed E-state index contributed by atoms with van der Waals surface area (Å²) in [5.74, 6) is -0.389. The molecule has 2 heterocycles. The first-order valence-electron chi connectivity index (χ1n) is 4.96. The van der Waals surface area contributed by atoms with E-state index in [9.17, 15) is 4.79 Å². The summed E-state index contributed by atoms with van der Waals surface area (Å²) in [6, 6.07) is 5.84. The number of aliphatic imine (C=N–C) groups is 1. The molecule has 5 heteroatoms. The van der Waals surface area contributed by atoms with Crippen LogP contribution in [0.25, 0.3) is 0 Å². The highest BCUT2D eigenvalue weighted by Gasteiger charge is 2.23. The minimum atomic E-state index is -0.389. The van der Waals surface area contributed by atoms with Gasteiger partial charge in [0, 0.05) is 18.2 Å². The van der Waals surface area contributed by atoms with Gasteiger partial charge in [-0.1, -0.05) is 12.1 Å². The Morgan fingerprint density at radius 3 is 3.19 bits per heavy atom. The van der Waals surface area contributed by atoms with E-state index < -0.39 is 0 Å². The number of hydrazine groups is 1. The van der Waals surface area contributed by atoms with Crippen LogP contribution in [0, 0.1) is 0 Å². The maximum absolute atomic E-state index is 11.2. The van der Waals surface area contributed by atoms with E-state index >= 15 is 0 Å². The first kappa shape index (κ1) is 8.96. The highest BCUT2D eigenvalue weighted by molar-refractivity contribution is 5.95. The summed E-state index contributed by atoms with van der Waals surface area (Å²) in [5, 5.41) is 1.78. The smallest absolute Gasteiger partial charge is 0.246 e. The largest absolute Gasteiger partial charge is 0.366 e. The SMILES string of the molecule is NC(=O)C1=CN2NC=Nc3cccc(c32)C1. The van der Waals surface area contributed by atoms with Crippen LogP contribution in [0.4, 0.5) is 11.4 Å². The van der Waals surface area contributed by atoms with Crippen molar-refractivity contribution in [2.45, 2.75) is 6.42 Å². The van der Waals surface area contributed by atoms with Gasteiger partial charge in [-0.2, -0.15) is 0 Å². The molecule has 2 aliphatic heterocycles. The van der Waals surface area contributed by atoms with Crippen molar-refractivity contribution in [2.75, 3.05) is 5.01 Å². The molecule has 16 heavy (non-hydrogen) atoms. The Hall–Kier alpha value is -2.30. The molecular weight excluding hydrogens is 204 g/mol. The van der Waals surface area contributed by atoms with Gasteiger partial charge < -0.3 is 5.73 Å². The molecule has 1 amide bonds. The third-order valence-electron chi connectivity index (χ3n) is 2.72. The van der Waals surface area contributed by atoms with Crippen molar-refractivity contribution >= 4 is 23.6 Å². The number of hydrogen-bond acceptors (Lipinski definition) is 4. The summed E-state index contributed by atoms with van der Waals surface area (Å²) in [6.07, 6.45) is 3.87. The minimum Gasteiger partial charge on any atom is -0.366 e. The maximum atomic E-state index is 11.2. The summed E-state index contributed by atoms with van der Waals surface area (Å²) in [5.41, 5.74) is 11.8. The van der Waals surface area contributed by atoms with Crippen molar-refractivity contribution in [1.82, 2.24) is 5.43 Å². The zero-order valence-corrected chi connectivity index (χ0v) is 8.47. The molecule has 0 atom stereocenters. The second kappa shape index (κ2) is 3.10. The normalized spacial score (nSPS) is 16.2. The Morgan fingerprint density at radius 2 is 2.38 bits per heavy atom. The number of rotatable bonds is 1. The molecule has 0 unspecified atom stereocenters. The average Bonchev–Trinajstić information content (AvgIpc) is 2.29. The molecular formula is C11H10N4O. The number of primary amides is 1. The summed E-state index contributed by atoms with van der Waals surface area (Å²) >= 11 is 0. The number of carbonyl (C=O) groups is 1. The van der Waals surface area contributed by atoms with E-state index in [1.165, 1.54) is 0 Å². The third kappa shape index (κ3) is 1.18. The first-order valence-corrected chi connectivity index (χ1v) is 4.96. The first-order chi connectivity index (χ1) is 7.75. The number of hydrogen-bond donors (Lipinski definition) is 2. The van der Waals surface area contributed by atoms with Crippen LogP contribution in [0.2, 0.25) is 0 Å². The van der Waals surface area contributed by atoms with Crippen molar-refractivity contribution in [3.05, 3.63) is 35.5 Å². The van der Waals surface area contributed by atoms with Crippen LogP contribution < -0.4 is 16.2 Å². The Balaban J connectivity index is 2.16. The molecule has 2 aliphatic rings. The van der Waals surface area contributed by atoms with Crippen LogP contribution in [0.3, 0.4) is 0 Å². The molecule has 3 N–H and O–H groups in total. The van der Waals surface area contributed by atoms with Gasteiger partial charge in [0.2, 0.25) is 5.91 Å². The highest BCUT2D eigenvalue weighted by Crippen LogP contribution is 2.37. The molecule has 0 saturated heterocycles. The Kier molecular flexibility index (Phi) is 1.73. The average molecular weight is 214 g/mol. The van der Waals surface area contributed by atoms with E-state index in [1.54, 1.807) is 17.5 Å². The fraction of sp³-hybridized carbons (Fsp3) is 0.0909. The second-order valence-electron chi connectivity index (χ2n) is 3.74. The number of carbonyl (C=O) groups excluding carboxylic acids is 1. The fourth-order valence-electron chi connectivity index (χ4n) is 1.99. The van der Waals surface area contributed by atoms with Crippen molar-refractivity contribution in [1.29, 1.82) is 0 Å². The Bertz CT molecular complexity index is 533. The number of nitrogens with zero attached hydrogens (tertiary/aromatic N) is 2. The van der Waals surface area contributed by atoms with Gasteiger partial charge in [0.1, 0.15) is 6.34 Å². The molecule has 80 valence electrons. The van der Waals surface area contributed by atoms with Crippen molar-refractivity contribution < 1.29 is 4.79 Å². The van der Waals surface area contributed by atoms with Crippen LogP contribution >= 0.6 is 0 Å². The lowest BCUT2D eigenvalue weighted by Gasteiger charge is -2.31. The summed E-state index contributed by atoms with van der Waals surface area (Å²) in [4.78, 5) is 15.4. The summed E-state index contributed by atoms with van der Waals surface area (Å²) < 4.78 is 0. The molecule has 0 aromatic heterocycles. The van der Waals surface area contributed by atoms with Gasteiger partial charge in [0.25, 0.3) is 0 Å². The lowest BCUT2D eigenvalue weighted by atomic mass is 9.99. The number of anilines is 1. The molecule has 1 aromatic carbocycles. The molecule has 0 aliphatic carbocycles. The van der Waals surface area contributed by atoms with Gasteiger partial charge in [-0.15, -0.1) is 0 Å². The standard InChI is InChI=1S/C11H10N4O/c12-11(16)8-4-7-2-1-3-9-10(7)15(5-8)14-6-13-9/h1-3,5-6H,4H2,(H2,12,16)(H,13,14). The molecule has 3 rings (SSSR count). The lowest BCUT2D eigenvalue weighted by molar-refractivity contribution is -0.114. The van der Waals surface area contributed by atoms with Crippen molar-refractivity contribution in [2.24, 2.45) is 10.7 Å². The lowest BCUT2D eigenvalue weighted by Crippen LogP contribution is -2.38. The van der Waals surface area contributed by atoms with Gasteiger partial charge >= 0.3 is 0 Å². The van der Waals surface area contributed by atoms with Crippen LogP contribution in [-0.2, 0) is 11.2 Å². The topological polar surface area (TPSA) is 70.7 Å². The Labute approximate surface area is 92.2 Å². The predicted octanol–water partition coefficient (Wildman–Crippen LogP) is 0.596. The fourth-order valence-corrected chi connectivity index (χ4v) is 1.99. The molecule has 5 nitrogen and oxygen atoms in total. The van der Waals surface area contributed by atoms with E-state index in [0.717, 1.165) is 16.9 Å². The molecule has 1 aromatic rings. The molecule has 0 bridgehead atoms. The van der Waals surface area contributed by atoms with E-state index in [0.29, 0.717) is 12.0 Å². The number of nitrogens with one attached hydrogen (secondary N) is 1. The van der Waals surface area contributed by atoms with Gasteiger partial charge in [-0.05, 0) is 11.6 Å². The van der Waals surface area contributed by atoms with E-state index in [2.05, 4.69) is 10.4 Å². The maximum Gasteiger partial charge on any atom is 0.246 e. The van der Waals surface area contributed by atoms with E-state index in [1.807, 2.05) is 18.2 Å². The van der Waals surface area contributed by atoms with Gasteiger partial charge in [0.05, 0.1) is 11.4 Å². The van der Waals surface area contributed by atoms with Gasteiger partial charge in [0.15, 0.2) is 0 Å². The third-order valence-corrected chi connectivity index (χ3v) is 2.72. The summed E-state index contributed by atoms with van der Waals surface area (Å²) in [7, 11) is 0. The molecule has 0 spiro atoms. The van der Waals surface area contributed by atoms with Crippen LogP contribution in [0.1, 0.15) is 5.56 Å². The van der Waals surface area contributed by atoms with Crippen molar-refractivity contribution in [3.8, 4) is 0 Å². The van der Waals surface area contributed by atoms with E-state index in [4.69, 9.17) is 5.73 Å². The second-order valence-corrected chi connectivity index (χ2v) is 3.74. The summed E-state index contributed by atoms with van der Waals surface area (Å²) in [6.45, 7) is 0. The number of nitrogens with two attached hydrogens (primary N) is 1. The van der Waals surface area contributed by atoms with Gasteiger partial charge in [-0.25, -0.2) is 4.99 Å². The zero-order chi connectivity index (χ0) is 11.1. The van der Waals surface area contributed by atoms with Crippen LogP contribution in [0.5, 0.6) is 0 Å². The minimum absolute atomic E-state index is 0.389. The monoisotopic (exact) mass is 214 g/mol. The Morgan fingerprint density at radius 1 is 1.50 bits per heavy atom. The number of amides is 1. The number of para-hydroxylation sites is 1. The number of benzene rings is 1. The van der Waals surface area contributed by atoms with Gasteiger partial charge in [-0.3, -0.25) is 15.2 Å². The quantitative estimate of drug-likeness (QED) is 0.719.